The Labute approximate surface area is 378 Å². The van der Waals surface area contributed by atoms with Gasteiger partial charge in [0.1, 0.15) is 0 Å². The van der Waals surface area contributed by atoms with Crippen LogP contribution in [0.15, 0.2) is 23.0 Å². The SMILES string of the molecule is Cc1cc(C(=O)NCCNCCNC(=O)c2ccc(C(=O)NCCOCCNC(=O)CC(C)C3CCC4C5C(C[C@@H](O)[C@@]34C)[C@]3(C)CC[C@H](O)CC3C[C@@H]5O)c(C)c2C)c(C)c(=O)[nH]1. The fourth-order valence-electron chi connectivity index (χ4n) is 12.5. The van der Waals surface area contributed by atoms with Gasteiger partial charge in [-0.3, -0.25) is 24.0 Å². The van der Waals surface area contributed by atoms with Gasteiger partial charge in [0.05, 0.1) is 31.5 Å². The predicted octanol–water partition coefficient (Wildman–Crippen LogP) is 3.21. The summed E-state index contributed by atoms with van der Waals surface area (Å²) in [6.45, 7) is 16.4. The number of benzene rings is 1. The number of aromatic nitrogens is 1. The van der Waals surface area contributed by atoms with Gasteiger partial charge in [0.2, 0.25) is 5.91 Å². The number of nitrogens with one attached hydrogen (secondary N) is 6. The summed E-state index contributed by atoms with van der Waals surface area (Å²) in [5.41, 5.74) is 3.05. The predicted molar refractivity (Wildman–Crippen MR) is 244 cm³/mol. The smallest absolute Gasteiger partial charge is 0.251 e. The topological polar surface area (TPSA) is 231 Å². The number of amides is 4. The first-order valence-corrected chi connectivity index (χ1v) is 23.6. The van der Waals surface area contributed by atoms with Crippen molar-refractivity contribution in [2.24, 2.45) is 46.3 Å². The summed E-state index contributed by atoms with van der Waals surface area (Å²) in [5, 5.41) is 48.5. The molecule has 354 valence electrons. The molecule has 11 atom stereocenters. The molecule has 4 saturated carbocycles. The number of carbonyl (C=O) groups is 4. The maximum atomic E-state index is 13.1. The number of aromatic amines is 1. The Morgan fingerprint density at radius 2 is 1.34 bits per heavy atom. The van der Waals surface area contributed by atoms with Crippen LogP contribution in [0.4, 0.5) is 0 Å². The third-order valence-electron chi connectivity index (χ3n) is 16.2. The summed E-state index contributed by atoms with van der Waals surface area (Å²) < 4.78 is 5.71. The monoisotopic (exact) mass is 891 g/mol. The summed E-state index contributed by atoms with van der Waals surface area (Å²) in [6, 6.07) is 4.93. The average molecular weight is 891 g/mol. The van der Waals surface area contributed by atoms with Crippen LogP contribution in [-0.4, -0.2) is 115 Å². The van der Waals surface area contributed by atoms with E-state index in [2.05, 4.69) is 52.3 Å². The highest BCUT2D eigenvalue weighted by atomic mass is 16.5. The van der Waals surface area contributed by atoms with Crippen molar-refractivity contribution in [1.82, 2.24) is 31.6 Å². The maximum absolute atomic E-state index is 13.1. The molecule has 4 fully saturated rings. The number of H-pyrrole nitrogens is 1. The van der Waals surface area contributed by atoms with Crippen LogP contribution in [0, 0.1) is 74.0 Å². The zero-order valence-corrected chi connectivity index (χ0v) is 39.0. The van der Waals surface area contributed by atoms with Gasteiger partial charge in [0.25, 0.3) is 23.3 Å². The number of fused-ring (bicyclic) bond motifs is 5. The molecule has 1 aromatic carbocycles. The number of hydrogen-bond donors (Lipinski definition) is 9. The Kier molecular flexibility index (Phi) is 16.2. The molecule has 0 aliphatic heterocycles. The molecule has 4 amide bonds. The number of aliphatic hydroxyl groups excluding tert-OH is 3. The third-order valence-corrected chi connectivity index (χ3v) is 16.2. The van der Waals surface area contributed by atoms with Crippen LogP contribution in [0.25, 0.3) is 0 Å². The number of ether oxygens (including phenoxy) is 1. The number of aryl methyl sites for hydroxylation is 1. The van der Waals surface area contributed by atoms with E-state index < -0.39 is 12.2 Å². The molecule has 2 aromatic rings. The molecule has 0 spiro atoms. The Hall–Kier alpha value is -4.15. The first-order chi connectivity index (χ1) is 30.4. The van der Waals surface area contributed by atoms with Gasteiger partial charge in [0, 0.05) is 73.6 Å². The van der Waals surface area contributed by atoms with Crippen LogP contribution in [-0.2, 0) is 9.53 Å². The van der Waals surface area contributed by atoms with Crippen LogP contribution in [0.3, 0.4) is 0 Å². The van der Waals surface area contributed by atoms with Crippen molar-refractivity contribution in [3.05, 3.63) is 67.6 Å². The molecule has 15 heteroatoms. The summed E-state index contributed by atoms with van der Waals surface area (Å²) in [5.74, 6) is 0.195. The molecule has 1 aromatic heterocycles. The first kappa shape index (κ1) is 49.3. The van der Waals surface area contributed by atoms with E-state index in [9.17, 15) is 39.3 Å². The number of carbonyl (C=O) groups excluding carboxylic acids is 4. The van der Waals surface area contributed by atoms with E-state index in [0.29, 0.717) is 91.2 Å². The first-order valence-electron chi connectivity index (χ1n) is 23.6. The van der Waals surface area contributed by atoms with Crippen molar-refractivity contribution in [1.29, 1.82) is 0 Å². The molecule has 6 unspecified atom stereocenters. The maximum Gasteiger partial charge on any atom is 0.251 e. The second-order valence-corrected chi connectivity index (χ2v) is 19.9. The van der Waals surface area contributed by atoms with Crippen LogP contribution in [0.1, 0.15) is 126 Å². The van der Waals surface area contributed by atoms with Gasteiger partial charge in [-0.1, -0.05) is 20.8 Å². The molecular formula is C49H74N6O9. The minimum atomic E-state index is -0.494. The highest BCUT2D eigenvalue weighted by molar-refractivity contribution is 6.00. The van der Waals surface area contributed by atoms with Gasteiger partial charge in [-0.25, -0.2) is 0 Å². The van der Waals surface area contributed by atoms with Crippen molar-refractivity contribution >= 4 is 23.6 Å². The molecule has 0 saturated heterocycles. The fourth-order valence-corrected chi connectivity index (χ4v) is 12.5. The average Bonchev–Trinajstić information content (AvgIpc) is 3.61. The molecule has 4 aliphatic rings. The van der Waals surface area contributed by atoms with E-state index in [1.807, 2.05) is 13.8 Å². The molecule has 4 aliphatic carbocycles. The lowest BCUT2D eigenvalue weighted by Gasteiger charge is -2.63. The van der Waals surface area contributed by atoms with E-state index in [1.165, 1.54) is 0 Å². The lowest BCUT2D eigenvalue weighted by atomic mass is 9.43. The van der Waals surface area contributed by atoms with Crippen molar-refractivity contribution in [2.45, 2.75) is 118 Å². The third kappa shape index (κ3) is 10.4. The molecular weight excluding hydrogens is 817 g/mol. The number of rotatable bonds is 18. The van der Waals surface area contributed by atoms with E-state index in [-0.39, 0.29) is 94.8 Å². The Morgan fingerprint density at radius 1 is 0.750 bits per heavy atom. The lowest BCUT2D eigenvalue weighted by Crippen LogP contribution is -2.62. The largest absolute Gasteiger partial charge is 0.393 e. The summed E-state index contributed by atoms with van der Waals surface area (Å²) >= 11 is 0. The molecule has 9 N–H and O–H groups in total. The Morgan fingerprint density at radius 3 is 1.98 bits per heavy atom. The zero-order valence-electron chi connectivity index (χ0n) is 39.0. The van der Waals surface area contributed by atoms with Crippen LogP contribution in [0.5, 0.6) is 0 Å². The van der Waals surface area contributed by atoms with Gasteiger partial charge >= 0.3 is 0 Å². The van der Waals surface area contributed by atoms with Crippen molar-refractivity contribution < 1.29 is 39.2 Å². The minimum Gasteiger partial charge on any atom is -0.393 e. The van der Waals surface area contributed by atoms with Crippen molar-refractivity contribution in [3.63, 3.8) is 0 Å². The van der Waals surface area contributed by atoms with E-state index in [4.69, 9.17) is 4.74 Å². The van der Waals surface area contributed by atoms with Crippen LogP contribution < -0.4 is 32.1 Å². The Bertz CT molecular complexity index is 2080. The molecule has 6 rings (SSSR count). The molecule has 15 nitrogen and oxygen atoms in total. The molecule has 1 heterocycles. The minimum absolute atomic E-state index is 0.0239. The lowest BCUT2D eigenvalue weighted by molar-refractivity contribution is -0.207. The van der Waals surface area contributed by atoms with Crippen molar-refractivity contribution in [2.75, 3.05) is 52.5 Å². The molecule has 0 bridgehead atoms. The Balaban J connectivity index is 0.851. The molecule has 64 heavy (non-hydrogen) atoms. The summed E-state index contributed by atoms with van der Waals surface area (Å²) in [7, 11) is 0. The van der Waals surface area contributed by atoms with Gasteiger partial charge in [-0.15, -0.1) is 0 Å². The quantitative estimate of drug-likeness (QED) is 0.0993. The standard InChI is InChI=1S/C49H74N6O9/c1-27(37-10-11-38-43-39(26-41(58)49(37,38)7)48(6)13-12-33(56)24-32(48)25-40(43)57)22-42(59)51-18-20-64-21-19-54-46(62)35-9-8-34(29(3)30(35)4)45(61)52-16-14-50-15-17-53-47(63)36-23-28(2)55-44(60)31(36)5/h8-9,23,27,32-33,37-41,43,50,56-58H,10-22,24-26H2,1-7H3,(H,51,59)(H,52,61)(H,53,63)(H,54,62)(H,55,60)/t27?,32?,33-,37?,38?,39?,40-,41+,43?,48+,49-/m0/s1. The van der Waals surface area contributed by atoms with Crippen LogP contribution >= 0.6 is 0 Å². The van der Waals surface area contributed by atoms with E-state index in [0.717, 1.165) is 38.5 Å². The van der Waals surface area contributed by atoms with Gasteiger partial charge in [0.15, 0.2) is 0 Å². The van der Waals surface area contributed by atoms with E-state index >= 15 is 0 Å². The second-order valence-electron chi connectivity index (χ2n) is 19.9. The number of aliphatic hydroxyl groups is 3. The van der Waals surface area contributed by atoms with Gasteiger partial charge < -0.3 is 51.6 Å². The number of hydrogen-bond acceptors (Lipinski definition) is 10. The van der Waals surface area contributed by atoms with Gasteiger partial charge in [-0.2, -0.15) is 0 Å². The van der Waals surface area contributed by atoms with Crippen LogP contribution in [0.2, 0.25) is 0 Å². The summed E-state index contributed by atoms with van der Waals surface area (Å²) in [4.78, 5) is 66.2. The highest BCUT2D eigenvalue weighted by Gasteiger charge is 2.65. The summed E-state index contributed by atoms with van der Waals surface area (Å²) in [6.07, 6.45) is 4.88. The van der Waals surface area contributed by atoms with Gasteiger partial charge in [-0.05, 0) is 148 Å². The fraction of sp³-hybridized carbons (Fsp3) is 0.694. The normalized spacial score (nSPS) is 30.0. The number of pyridine rings is 1. The second kappa shape index (κ2) is 21.0. The van der Waals surface area contributed by atoms with Crippen molar-refractivity contribution in [3.8, 4) is 0 Å². The zero-order chi connectivity index (χ0) is 46.5. The highest BCUT2D eigenvalue weighted by Crippen LogP contribution is 2.68. The molecule has 0 radical (unpaired) electrons. The van der Waals surface area contributed by atoms with E-state index in [1.54, 1.807) is 32.0 Å².